The van der Waals surface area contributed by atoms with E-state index < -0.39 is 6.10 Å². The lowest BCUT2D eigenvalue weighted by atomic mass is 10.2. The average Bonchev–Trinajstić information content (AvgIpc) is 2.95. The van der Waals surface area contributed by atoms with Gasteiger partial charge in [-0.25, -0.2) is 0 Å². The Morgan fingerprint density at radius 2 is 1.89 bits per heavy atom. The Bertz CT molecular complexity index is 519. The third-order valence-electron chi connectivity index (χ3n) is 4.86. The fraction of sp³-hybridized carbons (Fsp3) is 0.714. The molecule has 1 unspecified atom stereocenters. The minimum Gasteiger partial charge on any atom is -0.493 e. The van der Waals surface area contributed by atoms with Gasteiger partial charge in [-0.3, -0.25) is 0 Å². The van der Waals surface area contributed by atoms with Crippen molar-refractivity contribution >= 4 is 0 Å². The van der Waals surface area contributed by atoms with Crippen molar-refractivity contribution in [2.45, 2.75) is 44.8 Å². The summed E-state index contributed by atoms with van der Waals surface area (Å²) in [5, 5.41) is 13.7. The van der Waals surface area contributed by atoms with E-state index in [1.165, 1.54) is 25.7 Å². The first-order chi connectivity index (χ1) is 13.2. The van der Waals surface area contributed by atoms with Gasteiger partial charge in [-0.1, -0.05) is 18.9 Å². The van der Waals surface area contributed by atoms with Crippen LogP contribution in [0, 0.1) is 0 Å². The van der Waals surface area contributed by atoms with Crippen LogP contribution in [0.1, 0.15) is 37.7 Å². The summed E-state index contributed by atoms with van der Waals surface area (Å²) in [5.74, 6) is 1.38. The molecule has 1 aliphatic rings. The third-order valence-corrected chi connectivity index (χ3v) is 4.86. The van der Waals surface area contributed by atoms with E-state index in [0.717, 1.165) is 44.8 Å². The smallest absolute Gasteiger partial charge is 0.161 e. The number of aliphatic hydroxyl groups excluding tert-OH is 1. The number of aliphatic hydroxyl groups is 1. The number of hydrogen-bond donors (Lipinski definition) is 2. The van der Waals surface area contributed by atoms with Crippen molar-refractivity contribution < 1.29 is 19.3 Å². The van der Waals surface area contributed by atoms with Crippen LogP contribution in [0.15, 0.2) is 18.2 Å². The molecule has 2 rings (SSSR count). The van der Waals surface area contributed by atoms with Crippen LogP contribution in [-0.2, 0) is 11.3 Å². The summed E-state index contributed by atoms with van der Waals surface area (Å²) in [6.07, 6.45) is 5.55. The van der Waals surface area contributed by atoms with Gasteiger partial charge in [-0.2, -0.15) is 0 Å². The second-order valence-electron chi connectivity index (χ2n) is 7.19. The molecule has 1 aromatic rings. The first kappa shape index (κ1) is 22.0. The number of rotatable bonds is 12. The maximum atomic E-state index is 10.3. The van der Waals surface area contributed by atoms with E-state index in [-0.39, 0.29) is 6.61 Å². The molecule has 1 saturated heterocycles. The Kier molecular flexibility index (Phi) is 10.5. The van der Waals surface area contributed by atoms with Gasteiger partial charge in [0.15, 0.2) is 11.5 Å². The zero-order valence-corrected chi connectivity index (χ0v) is 16.9. The summed E-state index contributed by atoms with van der Waals surface area (Å²) in [7, 11) is 3.36. The maximum absolute atomic E-state index is 10.3. The minimum absolute atomic E-state index is 0.279. The summed E-state index contributed by atoms with van der Waals surface area (Å²) < 4.78 is 16.3. The maximum Gasteiger partial charge on any atom is 0.161 e. The van der Waals surface area contributed by atoms with E-state index in [1.807, 2.05) is 18.2 Å². The van der Waals surface area contributed by atoms with Crippen LogP contribution in [0.2, 0.25) is 0 Å². The zero-order chi connectivity index (χ0) is 19.3. The monoisotopic (exact) mass is 380 g/mol. The van der Waals surface area contributed by atoms with Crippen molar-refractivity contribution in [2.75, 3.05) is 53.6 Å². The predicted molar refractivity (Wildman–Crippen MR) is 108 cm³/mol. The van der Waals surface area contributed by atoms with Crippen LogP contribution < -0.4 is 14.8 Å². The highest BCUT2D eigenvalue weighted by atomic mass is 16.5. The van der Waals surface area contributed by atoms with Crippen LogP contribution in [0.3, 0.4) is 0 Å². The van der Waals surface area contributed by atoms with Crippen molar-refractivity contribution in [3.05, 3.63) is 23.8 Å². The molecule has 27 heavy (non-hydrogen) atoms. The molecule has 0 bridgehead atoms. The Balaban J connectivity index is 1.77. The van der Waals surface area contributed by atoms with Crippen LogP contribution in [0.5, 0.6) is 11.5 Å². The number of nitrogens with zero attached hydrogens (tertiary/aromatic N) is 1. The number of nitrogens with one attached hydrogen (secondary N) is 1. The zero-order valence-electron chi connectivity index (χ0n) is 16.9. The minimum atomic E-state index is -0.491. The number of likely N-dealkylation sites (tertiary alicyclic amines) is 1. The molecule has 0 aromatic heterocycles. The number of hydrogen-bond acceptors (Lipinski definition) is 6. The summed E-state index contributed by atoms with van der Waals surface area (Å²) in [4.78, 5) is 2.34. The van der Waals surface area contributed by atoms with Gasteiger partial charge in [0.05, 0.1) is 7.11 Å². The van der Waals surface area contributed by atoms with Crippen LogP contribution >= 0.6 is 0 Å². The molecule has 0 spiro atoms. The fourth-order valence-corrected chi connectivity index (χ4v) is 3.37. The fourth-order valence-electron chi connectivity index (χ4n) is 3.37. The molecular weight excluding hydrogens is 344 g/mol. The number of ether oxygens (including phenoxy) is 3. The van der Waals surface area contributed by atoms with Gasteiger partial charge in [0.1, 0.15) is 12.7 Å². The molecule has 2 N–H and O–H groups in total. The Labute approximate surface area is 163 Å². The van der Waals surface area contributed by atoms with E-state index in [0.29, 0.717) is 18.0 Å². The van der Waals surface area contributed by atoms with Gasteiger partial charge in [-0.05, 0) is 56.6 Å². The van der Waals surface area contributed by atoms with Gasteiger partial charge in [0.25, 0.3) is 0 Å². The quantitative estimate of drug-likeness (QED) is 0.543. The highest BCUT2D eigenvalue weighted by molar-refractivity contribution is 5.43. The normalized spacial score (nSPS) is 16.7. The first-order valence-corrected chi connectivity index (χ1v) is 10.1. The third kappa shape index (κ3) is 8.47. The molecule has 0 saturated carbocycles. The summed E-state index contributed by atoms with van der Waals surface area (Å²) >= 11 is 0. The van der Waals surface area contributed by atoms with Gasteiger partial charge >= 0.3 is 0 Å². The molecule has 154 valence electrons. The van der Waals surface area contributed by atoms with E-state index in [4.69, 9.17) is 14.2 Å². The molecule has 1 aliphatic heterocycles. The van der Waals surface area contributed by atoms with Crippen LogP contribution in [0.25, 0.3) is 0 Å². The molecule has 1 atom stereocenters. The van der Waals surface area contributed by atoms with Crippen molar-refractivity contribution in [2.24, 2.45) is 0 Å². The lowest BCUT2D eigenvalue weighted by Crippen LogP contribution is -2.36. The number of β-amino-alcohol motifs (C(OH)–C–C–N with tert-alkyl or cyclic N) is 1. The lowest BCUT2D eigenvalue weighted by molar-refractivity contribution is 0.0683. The standard InChI is InChI=1S/C21H36N2O4/c1-25-13-7-10-22-15-18-8-9-20(21(14-18)26-2)27-17-19(24)16-23-11-5-3-4-6-12-23/h8-9,14,19,22,24H,3-7,10-13,15-17H2,1-2H3. The molecule has 1 heterocycles. The molecule has 0 radical (unpaired) electrons. The van der Waals surface area contributed by atoms with Gasteiger partial charge in [0, 0.05) is 26.8 Å². The van der Waals surface area contributed by atoms with Crippen molar-refractivity contribution in [1.82, 2.24) is 10.2 Å². The second-order valence-corrected chi connectivity index (χ2v) is 7.19. The van der Waals surface area contributed by atoms with Gasteiger partial charge in [0.2, 0.25) is 0 Å². The van der Waals surface area contributed by atoms with Crippen molar-refractivity contribution in [3.63, 3.8) is 0 Å². The van der Waals surface area contributed by atoms with E-state index >= 15 is 0 Å². The number of methoxy groups -OCH3 is 2. The van der Waals surface area contributed by atoms with Crippen LogP contribution in [0.4, 0.5) is 0 Å². The Hall–Kier alpha value is -1.34. The molecule has 6 nitrogen and oxygen atoms in total. The van der Waals surface area contributed by atoms with Crippen LogP contribution in [-0.4, -0.2) is 69.7 Å². The topological polar surface area (TPSA) is 63.2 Å². The SMILES string of the molecule is COCCCNCc1ccc(OCC(O)CN2CCCCCC2)c(OC)c1. The highest BCUT2D eigenvalue weighted by Crippen LogP contribution is 2.28. The van der Waals surface area contributed by atoms with Crippen molar-refractivity contribution in [3.8, 4) is 11.5 Å². The van der Waals surface area contributed by atoms with Gasteiger partial charge < -0.3 is 29.5 Å². The average molecular weight is 381 g/mol. The van der Waals surface area contributed by atoms with E-state index in [2.05, 4.69) is 10.2 Å². The van der Waals surface area contributed by atoms with Crippen molar-refractivity contribution in [1.29, 1.82) is 0 Å². The molecular formula is C21H36N2O4. The second kappa shape index (κ2) is 12.9. The molecule has 6 heteroatoms. The summed E-state index contributed by atoms with van der Waals surface area (Å²) in [6.45, 7) is 5.56. The first-order valence-electron chi connectivity index (χ1n) is 10.1. The largest absolute Gasteiger partial charge is 0.493 e. The molecule has 0 amide bonds. The lowest BCUT2D eigenvalue weighted by Gasteiger charge is -2.23. The van der Waals surface area contributed by atoms with E-state index in [9.17, 15) is 5.11 Å². The predicted octanol–water partition coefficient (Wildman–Crippen LogP) is 2.44. The molecule has 0 aliphatic carbocycles. The number of benzene rings is 1. The van der Waals surface area contributed by atoms with Gasteiger partial charge in [-0.15, -0.1) is 0 Å². The highest BCUT2D eigenvalue weighted by Gasteiger charge is 2.15. The Morgan fingerprint density at radius 3 is 2.59 bits per heavy atom. The summed E-state index contributed by atoms with van der Waals surface area (Å²) in [5.41, 5.74) is 1.14. The molecule has 1 aromatic carbocycles. The Morgan fingerprint density at radius 1 is 1.11 bits per heavy atom. The van der Waals surface area contributed by atoms with E-state index in [1.54, 1.807) is 14.2 Å². The molecule has 1 fully saturated rings. The summed E-state index contributed by atoms with van der Waals surface area (Å²) in [6, 6.07) is 5.94.